The zero-order valence-corrected chi connectivity index (χ0v) is 13.7. The molecule has 0 saturated carbocycles. The molecule has 1 aliphatic heterocycles. The van der Waals surface area contributed by atoms with Crippen LogP contribution in [-0.4, -0.2) is 54.8 Å². The molecule has 7 nitrogen and oxygen atoms in total. The summed E-state index contributed by atoms with van der Waals surface area (Å²) in [5.74, 6) is 0. The van der Waals surface area contributed by atoms with Gasteiger partial charge in [0.15, 0.2) is 5.03 Å². The maximum absolute atomic E-state index is 12.8. The number of aromatic nitrogens is 2. The zero-order chi connectivity index (χ0) is 15.5. The molecule has 1 aromatic heterocycles. The van der Waals surface area contributed by atoms with Crippen molar-refractivity contribution >= 4 is 10.0 Å². The molecule has 1 saturated heterocycles. The maximum atomic E-state index is 12.8. The molecular weight excluding hydrogens is 292 g/mol. The molecule has 2 N–H and O–H groups in total. The first-order chi connectivity index (χ1) is 9.87. The predicted octanol–water partition coefficient (Wildman–Crippen LogP) is 0.709. The van der Waals surface area contributed by atoms with Crippen LogP contribution in [0.1, 0.15) is 32.8 Å². The van der Waals surface area contributed by atoms with Crippen molar-refractivity contribution in [1.29, 1.82) is 0 Å². The predicted molar refractivity (Wildman–Crippen MR) is 79.4 cm³/mol. The molecule has 0 spiro atoms. The number of nitrogens with zero attached hydrogens (tertiary/aromatic N) is 2. The molecular formula is C13H24N4O3S. The minimum atomic E-state index is -3.56. The Labute approximate surface area is 126 Å². The number of morpholine rings is 1. The summed E-state index contributed by atoms with van der Waals surface area (Å²) in [5.41, 5.74) is 0.208. The lowest BCUT2D eigenvalue weighted by Gasteiger charge is -2.37. The van der Waals surface area contributed by atoms with Gasteiger partial charge in [0.1, 0.15) is 0 Å². The van der Waals surface area contributed by atoms with Crippen LogP contribution in [-0.2, 0) is 21.3 Å². The summed E-state index contributed by atoms with van der Waals surface area (Å²) in [6.45, 7) is 8.31. The van der Waals surface area contributed by atoms with Gasteiger partial charge in [-0.2, -0.15) is 9.40 Å². The molecule has 1 fully saturated rings. The highest BCUT2D eigenvalue weighted by atomic mass is 32.2. The standard InChI is InChI=1S/C13H24N4O3S/c1-4-5-14-8-11-9-15-16-12(11)21(18,19)17-6-7-20-13(2,3)10-17/h9,14H,4-8,10H2,1-3H3,(H,15,16). The van der Waals surface area contributed by atoms with Gasteiger partial charge in [0, 0.05) is 25.2 Å². The average Bonchev–Trinajstić information content (AvgIpc) is 2.87. The van der Waals surface area contributed by atoms with Crippen molar-refractivity contribution in [2.75, 3.05) is 26.2 Å². The summed E-state index contributed by atoms with van der Waals surface area (Å²) < 4.78 is 32.6. The molecule has 0 amide bonds. The summed E-state index contributed by atoms with van der Waals surface area (Å²) in [4.78, 5) is 0. The van der Waals surface area contributed by atoms with Gasteiger partial charge in [-0.25, -0.2) is 8.42 Å². The van der Waals surface area contributed by atoms with Gasteiger partial charge in [-0.1, -0.05) is 6.92 Å². The van der Waals surface area contributed by atoms with E-state index in [0.717, 1.165) is 13.0 Å². The minimum absolute atomic E-state index is 0.184. The molecule has 0 unspecified atom stereocenters. The third kappa shape index (κ3) is 3.82. The summed E-state index contributed by atoms with van der Waals surface area (Å²) in [7, 11) is -3.56. The Morgan fingerprint density at radius 1 is 1.52 bits per heavy atom. The van der Waals surface area contributed by atoms with Crippen molar-refractivity contribution in [2.24, 2.45) is 0 Å². The monoisotopic (exact) mass is 316 g/mol. The largest absolute Gasteiger partial charge is 0.373 e. The Bertz CT molecular complexity index is 568. The normalized spacial score (nSPS) is 19.8. The van der Waals surface area contributed by atoms with Crippen LogP contribution >= 0.6 is 0 Å². The molecule has 2 heterocycles. The number of aromatic amines is 1. The third-order valence-electron chi connectivity index (χ3n) is 3.41. The third-order valence-corrected chi connectivity index (χ3v) is 5.27. The summed E-state index contributed by atoms with van der Waals surface area (Å²) >= 11 is 0. The molecule has 120 valence electrons. The molecule has 21 heavy (non-hydrogen) atoms. The average molecular weight is 316 g/mol. The van der Waals surface area contributed by atoms with Crippen molar-refractivity contribution in [3.05, 3.63) is 11.8 Å². The summed E-state index contributed by atoms with van der Waals surface area (Å²) in [5, 5.41) is 9.92. The Hall–Kier alpha value is -0.960. The lowest BCUT2D eigenvalue weighted by atomic mass is 10.1. The highest BCUT2D eigenvalue weighted by Crippen LogP contribution is 2.24. The Morgan fingerprint density at radius 3 is 2.95 bits per heavy atom. The molecule has 0 aromatic carbocycles. The van der Waals surface area contributed by atoms with E-state index in [9.17, 15) is 8.42 Å². The van der Waals surface area contributed by atoms with Crippen LogP contribution < -0.4 is 5.32 Å². The lowest BCUT2D eigenvalue weighted by Crippen LogP contribution is -2.50. The fraction of sp³-hybridized carbons (Fsp3) is 0.769. The van der Waals surface area contributed by atoms with Crippen LogP contribution in [0.5, 0.6) is 0 Å². The van der Waals surface area contributed by atoms with Gasteiger partial charge < -0.3 is 10.1 Å². The van der Waals surface area contributed by atoms with Gasteiger partial charge in [-0.3, -0.25) is 5.10 Å². The van der Waals surface area contributed by atoms with Crippen molar-refractivity contribution in [1.82, 2.24) is 19.8 Å². The van der Waals surface area contributed by atoms with E-state index >= 15 is 0 Å². The lowest BCUT2D eigenvalue weighted by molar-refractivity contribution is -0.0640. The van der Waals surface area contributed by atoms with E-state index in [1.165, 1.54) is 4.31 Å². The van der Waals surface area contributed by atoms with Crippen LogP contribution in [0.25, 0.3) is 0 Å². The number of sulfonamides is 1. The molecule has 8 heteroatoms. The Kier molecular flexibility index (Phi) is 5.03. The van der Waals surface area contributed by atoms with E-state index in [2.05, 4.69) is 22.4 Å². The molecule has 0 radical (unpaired) electrons. The number of H-pyrrole nitrogens is 1. The first kappa shape index (κ1) is 16.4. The number of nitrogens with one attached hydrogen (secondary N) is 2. The van der Waals surface area contributed by atoms with Crippen LogP contribution in [0, 0.1) is 0 Å². The Morgan fingerprint density at radius 2 is 2.29 bits per heavy atom. The van der Waals surface area contributed by atoms with Crippen molar-refractivity contribution in [3.8, 4) is 0 Å². The fourth-order valence-electron chi connectivity index (χ4n) is 2.36. The topological polar surface area (TPSA) is 87.3 Å². The van der Waals surface area contributed by atoms with Crippen LogP contribution in [0.15, 0.2) is 11.2 Å². The van der Waals surface area contributed by atoms with Crippen LogP contribution in [0.2, 0.25) is 0 Å². The highest BCUT2D eigenvalue weighted by Gasteiger charge is 2.36. The number of hydrogen-bond acceptors (Lipinski definition) is 5. The number of ether oxygens (including phenoxy) is 1. The maximum Gasteiger partial charge on any atom is 0.260 e. The minimum Gasteiger partial charge on any atom is -0.373 e. The van der Waals surface area contributed by atoms with Crippen molar-refractivity contribution < 1.29 is 13.2 Å². The van der Waals surface area contributed by atoms with Gasteiger partial charge in [0.25, 0.3) is 10.0 Å². The van der Waals surface area contributed by atoms with Gasteiger partial charge in [0.2, 0.25) is 0 Å². The highest BCUT2D eigenvalue weighted by molar-refractivity contribution is 7.89. The summed E-state index contributed by atoms with van der Waals surface area (Å²) in [6, 6.07) is 0. The Balaban J connectivity index is 2.18. The van der Waals surface area contributed by atoms with E-state index in [4.69, 9.17) is 4.74 Å². The van der Waals surface area contributed by atoms with Gasteiger partial charge in [-0.15, -0.1) is 0 Å². The fourth-order valence-corrected chi connectivity index (χ4v) is 4.03. The van der Waals surface area contributed by atoms with Gasteiger partial charge >= 0.3 is 0 Å². The molecule has 0 atom stereocenters. The molecule has 1 aliphatic rings. The smallest absolute Gasteiger partial charge is 0.260 e. The second-order valence-corrected chi connectivity index (χ2v) is 7.72. The van der Waals surface area contributed by atoms with Gasteiger partial charge in [-0.05, 0) is 26.8 Å². The SMILES string of the molecule is CCCNCc1cn[nH]c1S(=O)(=O)N1CCOC(C)(C)C1. The second-order valence-electron chi connectivity index (χ2n) is 5.85. The van der Waals surface area contributed by atoms with Gasteiger partial charge in [0.05, 0.1) is 18.4 Å². The zero-order valence-electron chi connectivity index (χ0n) is 12.8. The number of rotatable bonds is 6. The van der Waals surface area contributed by atoms with E-state index < -0.39 is 15.6 Å². The molecule has 0 bridgehead atoms. The van der Waals surface area contributed by atoms with E-state index in [1.54, 1.807) is 6.20 Å². The van der Waals surface area contributed by atoms with Crippen molar-refractivity contribution in [2.45, 2.75) is 44.4 Å². The van der Waals surface area contributed by atoms with E-state index in [1.807, 2.05) is 13.8 Å². The molecule has 0 aliphatic carbocycles. The quantitative estimate of drug-likeness (QED) is 0.755. The molecule has 2 rings (SSSR count). The van der Waals surface area contributed by atoms with E-state index in [-0.39, 0.29) is 5.03 Å². The first-order valence-electron chi connectivity index (χ1n) is 7.24. The van der Waals surface area contributed by atoms with Crippen molar-refractivity contribution in [3.63, 3.8) is 0 Å². The van der Waals surface area contributed by atoms with E-state index in [0.29, 0.717) is 31.8 Å². The molecule has 1 aromatic rings. The first-order valence-corrected chi connectivity index (χ1v) is 8.68. The summed E-state index contributed by atoms with van der Waals surface area (Å²) in [6.07, 6.45) is 2.57. The second kappa shape index (κ2) is 6.43. The van der Waals surface area contributed by atoms with Crippen LogP contribution in [0.3, 0.4) is 0 Å². The number of hydrogen-bond donors (Lipinski definition) is 2. The van der Waals surface area contributed by atoms with Crippen LogP contribution in [0.4, 0.5) is 0 Å².